The lowest BCUT2D eigenvalue weighted by Crippen LogP contribution is -2.34. The summed E-state index contributed by atoms with van der Waals surface area (Å²) >= 11 is 0. The zero-order valence-corrected chi connectivity index (χ0v) is 11.4. The van der Waals surface area contributed by atoms with Gasteiger partial charge in [-0.3, -0.25) is 0 Å². The van der Waals surface area contributed by atoms with Crippen LogP contribution < -0.4 is 10.1 Å². The van der Waals surface area contributed by atoms with Crippen molar-refractivity contribution in [2.24, 2.45) is 11.3 Å². The lowest BCUT2D eigenvalue weighted by Gasteiger charge is -2.30. The molecule has 1 aliphatic rings. The molecule has 3 heteroatoms. The molecule has 0 heterocycles. The van der Waals surface area contributed by atoms with E-state index in [9.17, 15) is 4.39 Å². The van der Waals surface area contributed by atoms with E-state index in [1.54, 1.807) is 6.07 Å². The Bertz CT molecular complexity index is 417. The van der Waals surface area contributed by atoms with E-state index in [0.717, 1.165) is 24.4 Å². The molecule has 0 radical (unpaired) electrons. The predicted molar refractivity (Wildman–Crippen MR) is 71.4 cm³/mol. The van der Waals surface area contributed by atoms with Gasteiger partial charge in [-0.25, -0.2) is 4.39 Å². The van der Waals surface area contributed by atoms with E-state index in [0.29, 0.717) is 5.75 Å². The predicted octanol–water partition coefficient (Wildman–Crippen LogP) is 3.01. The number of hydrogen-bond donors (Lipinski definition) is 1. The molecule has 1 aliphatic carbocycles. The number of rotatable bonds is 6. The first-order chi connectivity index (χ1) is 8.60. The molecule has 0 amide bonds. The van der Waals surface area contributed by atoms with Crippen LogP contribution in [0.25, 0.3) is 0 Å². The van der Waals surface area contributed by atoms with E-state index in [1.165, 1.54) is 20.0 Å². The molecule has 1 aromatic rings. The van der Waals surface area contributed by atoms with Gasteiger partial charge in [0.05, 0.1) is 7.11 Å². The van der Waals surface area contributed by atoms with Gasteiger partial charge < -0.3 is 10.1 Å². The van der Waals surface area contributed by atoms with Crippen molar-refractivity contribution < 1.29 is 9.13 Å². The molecule has 0 spiro atoms. The third-order valence-corrected chi connectivity index (χ3v) is 4.00. The highest BCUT2D eigenvalue weighted by Crippen LogP contribution is 2.47. The van der Waals surface area contributed by atoms with Crippen molar-refractivity contribution >= 4 is 0 Å². The van der Waals surface area contributed by atoms with Crippen LogP contribution in [0.2, 0.25) is 0 Å². The molecular weight excluding hydrogens is 229 g/mol. The monoisotopic (exact) mass is 251 g/mol. The minimum Gasteiger partial charge on any atom is -0.494 e. The van der Waals surface area contributed by atoms with Gasteiger partial charge in [0.15, 0.2) is 11.6 Å². The Morgan fingerprint density at radius 3 is 2.72 bits per heavy atom. The summed E-state index contributed by atoms with van der Waals surface area (Å²) in [4.78, 5) is 0. The molecule has 1 aromatic carbocycles. The Kier molecular flexibility index (Phi) is 3.91. The summed E-state index contributed by atoms with van der Waals surface area (Å²) in [7, 11) is 3.47. The number of benzene rings is 1. The summed E-state index contributed by atoms with van der Waals surface area (Å²) in [5.41, 5.74) is 0.904. The Morgan fingerprint density at radius 1 is 1.44 bits per heavy atom. The molecule has 100 valence electrons. The van der Waals surface area contributed by atoms with Gasteiger partial charge in [0.25, 0.3) is 0 Å². The molecule has 0 aliphatic heterocycles. The summed E-state index contributed by atoms with van der Waals surface area (Å²) in [6, 6.07) is 5.41. The van der Waals surface area contributed by atoms with Crippen molar-refractivity contribution in [1.29, 1.82) is 0 Å². The van der Waals surface area contributed by atoms with Crippen LogP contribution in [-0.4, -0.2) is 20.7 Å². The minimum atomic E-state index is -0.206. The summed E-state index contributed by atoms with van der Waals surface area (Å²) in [5, 5.41) is 3.24. The Hall–Kier alpha value is -1.09. The molecule has 0 saturated heterocycles. The summed E-state index contributed by atoms with van der Waals surface area (Å²) in [6.45, 7) is 3.17. The molecule has 2 nitrogen and oxygen atoms in total. The van der Waals surface area contributed by atoms with Gasteiger partial charge >= 0.3 is 0 Å². The maximum atomic E-state index is 14.2. The molecule has 1 N–H and O–H groups in total. The molecule has 1 atom stereocenters. The van der Waals surface area contributed by atoms with E-state index >= 15 is 0 Å². The molecule has 0 bridgehead atoms. The van der Waals surface area contributed by atoms with Crippen molar-refractivity contribution in [2.45, 2.75) is 26.2 Å². The fourth-order valence-corrected chi connectivity index (χ4v) is 2.82. The molecule has 1 fully saturated rings. The van der Waals surface area contributed by atoms with Gasteiger partial charge in [-0.05, 0) is 49.3 Å². The zero-order chi connectivity index (χ0) is 13.2. The lowest BCUT2D eigenvalue weighted by atomic mass is 9.78. The number of hydrogen-bond acceptors (Lipinski definition) is 2. The highest BCUT2D eigenvalue weighted by molar-refractivity contribution is 5.32. The van der Waals surface area contributed by atoms with Crippen molar-refractivity contribution in [2.75, 3.05) is 20.7 Å². The van der Waals surface area contributed by atoms with Crippen molar-refractivity contribution in [1.82, 2.24) is 5.32 Å². The van der Waals surface area contributed by atoms with Crippen LogP contribution in [0.4, 0.5) is 4.39 Å². The van der Waals surface area contributed by atoms with Gasteiger partial charge in [-0.1, -0.05) is 19.1 Å². The summed E-state index contributed by atoms with van der Waals surface area (Å²) < 4.78 is 19.2. The number of halogens is 1. The van der Waals surface area contributed by atoms with Crippen LogP contribution in [0.5, 0.6) is 5.75 Å². The Morgan fingerprint density at radius 2 is 2.17 bits per heavy atom. The van der Waals surface area contributed by atoms with E-state index in [1.807, 2.05) is 19.2 Å². The molecule has 2 rings (SSSR count). The van der Waals surface area contributed by atoms with Crippen LogP contribution in [0.3, 0.4) is 0 Å². The van der Waals surface area contributed by atoms with E-state index < -0.39 is 0 Å². The second-order valence-corrected chi connectivity index (χ2v) is 5.57. The van der Waals surface area contributed by atoms with Crippen LogP contribution in [0.15, 0.2) is 18.2 Å². The van der Waals surface area contributed by atoms with Crippen molar-refractivity contribution in [3.05, 3.63) is 29.6 Å². The van der Waals surface area contributed by atoms with Gasteiger partial charge in [0.1, 0.15) is 0 Å². The highest BCUT2D eigenvalue weighted by atomic mass is 19.1. The fourth-order valence-electron chi connectivity index (χ4n) is 2.82. The quantitative estimate of drug-likeness (QED) is 0.839. The van der Waals surface area contributed by atoms with Crippen molar-refractivity contribution in [3.63, 3.8) is 0 Å². The lowest BCUT2D eigenvalue weighted by molar-refractivity contribution is 0.258. The second-order valence-electron chi connectivity index (χ2n) is 5.57. The van der Waals surface area contributed by atoms with Crippen LogP contribution in [-0.2, 0) is 6.42 Å². The third-order valence-electron chi connectivity index (χ3n) is 4.00. The molecular formula is C15H22FNO. The summed E-state index contributed by atoms with van der Waals surface area (Å²) in [6.07, 6.45) is 3.30. The molecule has 18 heavy (non-hydrogen) atoms. The zero-order valence-electron chi connectivity index (χ0n) is 11.4. The van der Waals surface area contributed by atoms with Crippen LogP contribution in [0.1, 0.15) is 25.3 Å². The first kappa shape index (κ1) is 13.3. The normalized spacial score (nSPS) is 18.4. The van der Waals surface area contributed by atoms with Gasteiger partial charge in [-0.15, -0.1) is 0 Å². The SMILES string of the molecule is CNCC(C)(Cc1cccc(OC)c1F)C1CC1. The Balaban J connectivity index is 2.21. The van der Waals surface area contributed by atoms with E-state index in [2.05, 4.69) is 12.2 Å². The topological polar surface area (TPSA) is 21.3 Å². The Labute approximate surface area is 109 Å². The number of ether oxygens (including phenoxy) is 1. The fraction of sp³-hybridized carbons (Fsp3) is 0.600. The highest BCUT2D eigenvalue weighted by Gasteiger charge is 2.41. The first-order valence-electron chi connectivity index (χ1n) is 6.56. The average Bonchev–Trinajstić information content (AvgIpc) is 3.16. The number of nitrogens with one attached hydrogen (secondary N) is 1. The van der Waals surface area contributed by atoms with Gasteiger partial charge in [0, 0.05) is 6.54 Å². The van der Waals surface area contributed by atoms with Gasteiger partial charge in [0.2, 0.25) is 0 Å². The van der Waals surface area contributed by atoms with Crippen LogP contribution in [0, 0.1) is 17.2 Å². The summed E-state index contributed by atoms with van der Waals surface area (Å²) in [5.74, 6) is 0.855. The maximum absolute atomic E-state index is 14.2. The van der Waals surface area contributed by atoms with Gasteiger partial charge in [-0.2, -0.15) is 0 Å². The average molecular weight is 251 g/mol. The maximum Gasteiger partial charge on any atom is 0.168 e. The van der Waals surface area contributed by atoms with E-state index in [-0.39, 0.29) is 11.2 Å². The second kappa shape index (κ2) is 5.27. The largest absolute Gasteiger partial charge is 0.494 e. The smallest absolute Gasteiger partial charge is 0.168 e. The number of methoxy groups -OCH3 is 1. The standard InChI is InChI=1S/C15H22FNO/c1-15(10-17-2,12-7-8-12)9-11-5-4-6-13(18-3)14(11)16/h4-6,12,17H,7-10H2,1-3H3. The molecule has 1 saturated carbocycles. The van der Waals surface area contributed by atoms with Crippen molar-refractivity contribution in [3.8, 4) is 5.75 Å². The molecule has 0 aromatic heterocycles. The first-order valence-corrected chi connectivity index (χ1v) is 6.56. The third kappa shape index (κ3) is 2.66. The minimum absolute atomic E-state index is 0.141. The molecule has 1 unspecified atom stereocenters. The van der Waals surface area contributed by atoms with Crippen LogP contribution >= 0.6 is 0 Å². The van der Waals surface area contributed by atoms with E-state index in [4.69, 9.17) is 4.74 Å².